The van der Waals surface area contributed by atoms with Crippen molar-refractivity contribution in [3.63, 3.8) is 0 Å². The molecule has 4 nitrogen and oxygen atoms in total. The lowest BCUT2D eigenvalue weighted by molar-refractivity contribution is 0.104. The second-order valence-electron chi connectivity index (χ2n) is 4.98. The zero-order chi connectivity index (χ0) is 16.8. The number of ketones is 1. The minimum atomic E-state index is -0.129. The lowest BCUT2D eigenvalue weighted by Gasteiger charge is -2.10. The van der Waals surface area contributed by atoms with E-state index in [-0.39, 0.29) is 5.78 Å². The van der Waals surface area contributed by atoms with Crippen LogP contribution in [0.3, 0.4) is 0 Å². The molecule has 0 saturated heterocycles. The first-order valence-electron chi connectivity index (χ1n) is 7.18. The predicted molar refractivity (Wildman–Crippen MR) is 90.6 cm³/mol. The fraction of sp³-hybridized carbons (Fsp3) is 0.211. The highest BCUT2D eigenvalue weighted by Crippen LogP contribution is 2.31. The maximum atomic E-state index is 12.5. The number of methoxy groups -OCH3 is 3. The topological polar surface area (TPSA) is 44.8 Å². The Labute approximate surface area is 136 Å². The van der Waals surface area contributed by atoms with Crippen molar-refractivity contribution in [2.75, 3.05) is 21.3 Å². The molecule has 2 rings (SSSR count). The smallest absolute Gasteiger partial charge is 0.189 e. The van der Waals surface area contributed by atoms with E-state index in [4.69, 9.17) is 14.2 Å². The zero-order valence-corrected chi connectivity index (χ0v) is 13.8. The lowest BCUT2D eigenvalue weighted by Crippen LogP contribution is -1.99. The van der Waals surface area contributed by atoms with Gasteiger partial charge in [0.2, 0.25) is 0 Å². The summed E-state index contributed by atoms with van der Waals surface area (Å²) in [6, 6.07) is 11.0. The zero-order valence-electron chi connectivity index (χ0n) is 13.8. The van der Waals surface area contributed by atoms with Gasteiger partial charge in [0.1, 0.15) is 5.75 Å². The van der Waals surface area contributed by atoms with Crippen molar-refractivity contribution in [1.82, 2.24) is 0 Å². The second-order valence-corrected chi connectivity index (χ2v) is 4.98. The number of hydrogen-bond donors (Lipinski definition) is 0. The molecule has 0 atom stereocenters. The molecular formula is C19H20O4. The second kappa shape index (κ2) is 7.49. The van der Waals surface area contributed by atoms with Crippen LogP contribution in [0.1, 0.15) is 21.5 Å². The van der Waals surface area contributed by atoms with Crippen LogP contribution in [0.5, 0.6) is 17.2 Å². The maximum Gasteiger partial charge on any atom is 0.189 e. The van der Waals surface area contributed by atoms with Gasteiger partial charge in [-0.05, 0) is 37.3 Å². The van der Waals surface area contributed by atoms with E-state index < -0.39 is 0 Å². The van der Waals surface area contributed by atoms with Crippen LogP contribution in [0.4, 0.5) is 0 Å². The molecule has 0 aliphatic rings. The van der Waals surface area contributed by atoms with Crippen LogP contribution in [0.15, 0.2) is 42.5 Å². The molecule has 2 aromatic carbocycles. The Bertz CT molecular complexity index is 732. The minimum absolute atomic E-state index is 0.129. The van der Waals surface area contributed by atoms with Gasteiger partial charge in [-0.2, -0.15) is 0 Å². The molecule has 0 aliphatic carbocycles. The fourth-order valence-electron chi connectivity index (χ4n) is 2.31. The largest absolute Gasteiger partial charge is 0.496 e. The number of ether oxygens (including phenoxy) is 3. The highest BCUT2D eigenvalue weighted by atomic mass is 16.5. The molecule has 0 unspecified atom stereocenters. The monoisotopic (exact) mass is 312 g/mol. The third-order valence-electron chi connectivity index (χ3n) is 3.47. The van der Waals surface area contributed by atoms with Crippen molar-refractivity contribution in [2.24, 2.45) is 0 Å². The molecule has 2 aromatic rings. The number of carbonyl (C=O) groups is 1. The summed E-state index contributed by atoms with van der Waals surface area (Å²) in [6.45, 7) is 1.94. The van der Waals surface area contributed by atoms with Crippen LogP contribution in [0.2, 0.25) is 0 Å². The third kappa shape index (κ3) is 3.72. The van der Waals surface area contributed by atoms with Crippen molar-refractivity contribution >= 4 is 11.9 Å². The van der Waals surface area contributed by atoms with Gasteiger partial charge in [0.15, 0.2) is 17.3 Å². The first-order valence-corrected chi connectivity index (χ1v) is 7.18. The van der Waals surface area contributed by atoms with E-state index >= 15 is 0 Å². The van der Waals surface area contributed by atoms with Gasteiger partial charge in [-0.25, -0.2) is 0 Å². The van der Waals surface area contributed by atoms with Gasteiger partial charge in [-0.3, -0.25) is 4.79 Å². The summed E-state index contributed by atoms with van der Waals surface area (Å²) in [5.74, 6) is 1.64. The van der Waals surface area contributed by atoms with Crippen molar-refractivity contribution in [3.8, 4) is 17.2 Å². The first-order chi connectivity index (χ1) is 11.1. The van der Waals surface area contributed by atoms with E-state index in [0.29, 0.717) is 22.8 Å². The molecule has 120 valence electrons. The number of para-hydroxylation sites is 1. The molecule has 0 spiro atoms. The average molecular weight is 312 g/mol. The Hall–Kier alpha value is -2.75. The van der Waals surface area contributed by atoms with Crippen LogP contribution in [0.25, 0.3) is 6.08 Å². The Morgan fingerprint density at radius 1 is 0.957 bits per heavy atom. The summed E-state index contributed by atoms with van der Waals surface area (Å²) >= 11 is 0. The molecule has 0 aromatic heterocycles. The molecule has 0 fully saturated rings. The predicted octanol–water partition coefficient (Wildman–Crippen LogP) is 3.92. The molecule has 0 radical (unpaired) electrons. The number of carbonyl (C=O) groups excluding carboxylic acids is 1. The lowest BCUT2D eigenvalue weighted by atomic mass is 10.0. The average Bonchev–Trinajstić information content (AvgIpc) is 2.58. The maximum absolute atomic E-state index is 12.5. The summed E-state index contributed by atoms with van der Waals surface area (Å²) in [7, 11) is 4.70. The Morgan fingerprint density at radius 2 is 1.70 bits per heavy atom. The molecule has 23 heavy (non-hydrogen) atoms. The van der Waals surface area contributed by atoms with Crippen molar-refractivity contribution in [3.05, 3.63) is 59.2 Å². The standard InChI is InChI=1S/C19H20O4/c1-13-8-11-17(21-2)15(12-13)16(20)10-9-14-6-5-7-18(22-3)19(14)23-4/h5-12H,1-4H3/b10-9+. The van der Waals surface area contributed by atoms with Gasteiger partial charge in [0.25, 0.3) is 0 Å². The van der Waals surface area contributed by atoms with E-state index in [1.807, 2.05) is 37.3 Å². The summed E-state index contributed by atoms with van der Waals surface area (Å²) in [5.41, 5.74) is 2.30. The molecule has 0 aliphatic heterocycles. The molecule has 0 N–H and O–H groups in total. The fourth-order valence-corrected chi connectivity index (χ4v) is 2.31. The summed E-state index contributed by atoms with van der Waals surface area (Å²) in [5, 5.41) is 0. The molecule has 0 heterocycles. The third-order valence-corrected chi connectivity index (χ3v) is 3.47. The van der Waals surface area contributed by atoms with Crippen LogP contribution in [-0.2, 0) is 0 Å². The molecule has 0 amide bonds. The van der Waals surface area contributed by atoms with E-state index in [1.54, 1.807) is 33.5 Å². The van der Waals surface area contributed by atoms with E-state index in [2.05, 4.69) is 0 Å². The Balaban J connectivity index is 2.34. The van der Waals surface area contributed by atoms with Gasteiger partial charge in [0.05, 0.1) is 26.9 Å². The summed E-state index contributed by atoms with van der Waals surface area (Å²) in [6.07, 6.45) is 3.22. The van der Waals surface area contributed by atoms with Crippen molar-refractivity contribution in [2.45, 2.75) is 6.92 Å². The van der Waals surface area contributed by atoms with Gasteiger partial charge in [0, 0.05) is 5.56 Å². The van der Waals surface area contributed by atoms with Crippen LogP contribution < -0.4 is 14.2 Å². The van der Waals surface area contributed by atoms with Crippen LogP contribution >= 0.6 is 0 Å². The molecule has 0 saturated carbocycles. The highest BCUT2D eigenvalue weighted by Gasteiger charge is 2.11. The molecule has 0 bridgehead atoms. The van der Waals surface area contributed by atoms with Gasteiger partial charge in [-0.15, -0.1) is 0 Å². The van der Waals surface area contributed by atoms with E-state index in [1.165, 1.54) is 6.08 Å². The van der Waals surface area contributed by atoms with Gasteiger partial charge >= 0.3 is 0 Å². The highest BCUT2D eigenvalue weighted by molar-refractivity contribution is 6.08. The van der Waals surface area contributed by atoms with E-state index in [0.717, 1.165) is 11.1 Å². The number of rotatable bonds is 6. The number of allylic oxidation sites excluding steroid dienone is 1. The molecular weight excluding hydrogens is 292 g/mol. The Morgan fingerprint density at radius 3 is 2.35 bits per heavy atom. The quantitative estimate of drug-likeness (QED) is 0.599. The SMILES string of the molecule is COc1ccc(C)cc1C(=O)/C=C/c1cccc(OC)c1OC. The summed E-state index contributed by atoms with van der Waals surface area (Å²) in [4.78, 5) is 12.5. The van der Waals surface area contributed by atoms with Crippen LogP contribution in [0, 0.1) is 6.92 Å². The normalized spacial score (nSPS) is 10.6. The first kappa shape index (κ1) is 16.6. The van der Waals surface area contributed by atoms with Gasteiger partial charge in [-0.1, -0.05) is 23.8 Å². The van der Waals surface area contributed by atoms with Crippen LogP contribution in [-0.4, -0.2) is 27.1 Å². The Kier molecular flexibility index (Phi) is 5.41. The van der Waals surface area contributed by atoms with E-state index in [9.17, 15) is 4.79 Å². The summed E-state index contributed by atoms with van der Waals surface area (Å²) < 4.78 is 15.9. The molecule has 4 heteroatoms. The number of aryl methyl sites for hydroxylation is 1. The van der Waals surface area contributed by atoms with Crippen molar-refractivity contribution in [1.29, 1.82) is 0 Å². The van der Waals surface area contributed by atoms with Gasteiger partial charge < -0.3 is 14.2 Å². The van der Waals surface area contributed by atoms with Crippen molar-refractivity contribution < 1.29 is 19.0 Å². The minimum Gasteiger partial charge on any atom is -0.496 e. The number of hydrogen-bond acceptors (Lipinski definition) is 4. The number of benzene rings is 2.